The van der Waals surface area contributed by atoms with Gasteiger partial charge >= 0.3 is 0 Å². The molecule has 136 valence electrons. The molecule has 0 saturated heterocycles. The molecule has 0 unspecified atom stereocenters. The van der Waals surface area contributed by atoms with Crippen LogP contribution < -0.4 is 9.47 Å². The van der Waals surface area contributed by atoms with Crippen molar-refractivity contribution in [2.45, 2.75) is 71.1 Å². The van der Waals surface area contributed by atoms with Crippen molar-refractivity contribution in [3.8, 4) is 35.2 Å². The molecule has 0 atom stereocenters. The average Bonchev–Trinajstić information content (AvgIpc) is 2.65. The molecule has 0 saturated carbocycles. The second kappa shape index (κ2) is 14.3. The van der Waals surface area contributed by atoms with Crippen molar-refractivity contribution in [2.24, 2.45) is 0 Å². The molecule has 1 rings (SSSR count). The summed E-state index contributed by atoms with van der Waals surface area (Å²) in [7, 11) is 3.39. The first kappa shape index (κ1) is 21.0. The number of aryl methyl sites for hydroxylation is 1. The Balaban J connectivity index is 2.09. The zero-order valence-electron chi connectivity index (χ0n) is 16.1. The van der Waals surface area contributed by atoms with Gasteiger partial charge in [-0.25, -0.2) is 0 Å². The van der Waals surface area contributed by atoms with Gasteiger partial charge in [0, 0.05) is 18.9 Å². The van der Waals surface area contributed by atoms with E-state index in [1.165, 1.54) is 37.7 Å². The lowest BCUT2D eigenvalue weighted by Gasteiger charge is -2.08. The molecule has 2 heteroatoms. The van der Waals surface area contributed by atoms with Gasteiger partial charge in [0.1, 0.15) is 11.5 Å². The summed E-state index contributed by atoms with van der Waals surface area (Å²) < 4.78 is 10.6. The van der Waals surface area contributed by atoms with Crippen LogP contribution in [0.15, 0.2) is 18.2 Å². The molecular weight excluding hydrogens is 308 g/mol. The predicted molar refractivity (Wildman–Crippen MR) is 106 cm³/mol. The highest BCUT2D eigenvalue weighted by Crippen LogP contribution is 2.23. The van der Waals surface area contributed by atoms with Gasteiger partial charge in [0.15, 0.2) is 0 Å². The number of methoxy groups -OCH3 is 2. The third-order valence-electron chi connectivity index (χ3n) is 3.98. The lowest BCUT2D eigenvalue weighted by atomic mass is 10.0. The molecule has 0 aromatic heterocycles. The van der Waals surface area contributed by atoms with Crippen LogP contribution in [0.25, 0.3) is 0 Å². The molecule has 0 aliphatic heterocycles. The molecule has 0 amide bonds. The summed E-state index contributed by atoms with van der Waals surface area (Å²) in [5.41, 5.74) is 1.28. The van der Waals surface area contributed by atoms with Crippen LogP contribution in [0.2, 0.25) is 0 Å². The molecular formula is C23H32O2. The number of hydrogen-bond acceptors (Lipinski definition) is 2. The van der Waals surface area contributed by atoms with E-state index in [2.05, 4.69) is 42.7 Å². The van der Waals surface area contributed by atoms with Gasteiger partial charge in [-0.1, -0.05) is 38.0 Å². The van der Waals surface area contributed by atoms with Gasteiger partial charge < -0.3 is 9.47 Å². The summed E-state index contributed by atoms with van der Waals surface area (Å²) in [6.45, 7) is 2.15. The molecule has 0 radical (unpaired) electrons. The number of ether oxygens (including phenoxy) is 2. The quantitative estimate of drug-likeness (QED) is 0.397. The number of benzene rings is 1. The Bertz CT molecular complexity index is 574. The maximum atomic E-state index is 5.32. The van der Waals surface area contributed by atoms with E-state index < -0.39 is 0 Å². The van der Waals surface area contributed by atoms with Crippen LogP contribution in [0.1, 0.15) is 70.3 Å². The molecule has 0 aliphatic carbocycles. The normalized spacial score (nSPS) is 9.56. The maximum absolute atomic E-state index is 5.32. The van der Waals surface area contributed by atoms with E-state index in [0.717, 1.165) is 43.6 Å². The fourth-order valence-corrected chi connectivity index (χ4v) is 2.55. The molecule has 0 spiro atoms. The summed E-state index contributed by atoms with van der Waals surface area (Å²) in [5.74, 6) is 14.3. The molecule has 0 bridgehead atoms. The van der Waals surface area contributed by atoms with Gasteiger partial charge in [0.05, 0.1) is 20.6 Å². The second-order valence-corrected chi connectivity index (χ2v) is 6.12. The lowest BCUT2D eigenvalue weighted by molar-refractivity contribution is 0.393. The van der Waals surface area contributed by atoms with Gasteiger partial charge in [-0.05, 0) is 43.4 Å². The topological polar surface area (TPSA) is 18.5 Å². The molecule has 1 aromatic carbocycles. The minimum absolute atomic E-state index is 0.726. The van der Waals surface area contributed by atoms with Crippen LogP contribution in [0.4, 0.5) is 0 Å². The zero-order chi connectivity index (χ0) is 18.2. The van der Waals surface area contributed by atoms with Gasteiger partial charge in [0.2, 0.25) is 0 Å². The Labute approximate surface area is 154 Å². The Morgan fingerprint density at radius 3 is 1.96 bits per heavy atom. The average molecular weight is 341 g/mol. The van der Waals surface area contributed by atoms with Gasteiger partial charge in [-0.15, -0.1) is 11.8 Å². The molecule has 1 aromatic rings. The Kier molecular flexibility index (Phi) is 12.0. The first-order valence-electron chi connectivity index (χ1n) is 9.43. The van der Waals surface area contributed by atoms with E-state index >= 15 is 0 Å². The molecule has 2 nitrogen and oxygen atoms in total. The van der Waals surface area contributed by atoms with Gasteiger partial charge in [-0.3, -0.25) is 0 Å². The van der Waals surface area contributed by atoms with Crippen LogP contribution in [0, 0.1) is 23.7 Å². The SMILES string of the molecule is CCCC#CCC#CCCCCCCCc1cc(OC)cc(OC)c1. The van der Waals surface area contributed by atoms with Crippen LogP contribution in [-0.2, 0) is 6.42 Å². The van der Waals surface area contributed by atoms with Crippen molar-refractivity contribution in [3.05, 3.63) is 23.8 Å². The maximum Gasteiger partial charge on any atom is 0.122 e. The standard InChI is InChI=1S/C23H32O2/c1-4-5-6-7-8-9-10-11-12-13-14-15-16-17-21-18-22(24-2)20-23(19-21)25-3/h18-20H,4-5,8,11-17H2,1-3H3. The summed E-state index contributed by atoms with van der Waals surface area (Å²) in [6, 6.07) is 6.11. The fourth-order valence-electron chi connectivity index (χ4n) is 2.55. The summed E-state index contributed by atoms with van der Waals surface area (Å²) in [6.07, 6.45) is 11.1. The smallest absolute Gasteiger partial charge is 0.122 e. The summed E-state index contributed by atoms with van der Waals surface area (Å²) >= 11 is 0. The van der Waals surface area contributed by atoms with E-state index in [1.54, 1.807) is 14.2 Å². The summed E-state index contributed by atoms with van der Waals surface area (Å²) in [4.78, 5) is 0. The van der Waals surface area contributed by atoms with Crippen LogP contribution >= 0.6 is 0 Å². The Morgan fingerprint density at radius 2 is 1.32 bits per heavy atom. The Hall–Kier alpha value is -2.06. The zero-order valence-corrected chi connectivity index (χ0v) is 16.1. The van der Waals surface area contributed by atoms with Crippen molar-refractivity contribution in [1.82, 2.24) is 0 Å². The third-order valence-corrected chi connectivity index (χ3v) is 3.98. The third kappa shape index (κ3) is 10.4. The van der Waals surface area contributed by atoms with E-state index in [-0.39, 0.29) is 0 Å². The molecule has 0 fully saturated rings. The Morgan fingerprint density at radius 1 is 0.720 bits per heavy atom. The lowest BCUT2D eigenvalue weighted by Crippen LogP contribution is -1.92. The van der Waals surface area contributed by atoms with Gasteiger partial charge in [0.25, 0.3) is 0 Å². The molecule has 0 aliphatic rings. The monoisotopic (exact) mass is 340 g/mol. The van der Waals surface area contributed by atoms with Crippen molar-refractivity contribution in [1.29, 1.82) is 0 Å². The predicted octanol–water partition coefficient (Wildman–Crippen LogP) is 5.78. The second-order valence-electron chi connectivity index (χ2n) is 6.12. The van der Waals surface area contributed by atoms with E-state index in [9.17, 15) is 0 Å². The van der Waals surface area contributed by atoms with Crippen LogP contribution in [0.3, 0.4) is 0 Å². The van der Waals surface area contributed by atoms with Crippen molar-refractivity contribution >= 4 is 0 Å². The van der Waals surface area contributed by atoms with Crippen molar-refractivity contribution in [3.63, 3.8) is 0 Å². The fraction of sp³-hybridized carbons (Fsp3) is 0.565. The largest absolute Gasteiger partial charge is 0.497 e. The minimum Gasteiger partial charge on any atom is -0.497 e. The van der Waals surface area contributed by atoms with Crippen molar-refractivity contribution in [2.75, 3.05) is 14.2 Å². The number of hydrogen-bond donors (Lipinski definition) is 0. The molecule has 25 heavy (non-hydrogen) atoms. The molecule has 0 heterocycles. The highest BCUT2D eigenvalue weighted by molar-refractivity contribution is 5.38. The van der Waals surface area contributed by atoms with Gasteiger partial charge in [-0.2, -0.15) is 0 Å². The van der Waals surface area contributed by atoms with Crippen molar-refractivity contribution < 1.29 is 9.47 Å². The number of rotatable bonds is 10. The highest BCUT2D eigenvalue weighted by atomic mass is 16.5. The van der Waals surface area contributed by atoms with Crippen LogP contribution in [-0.4, -0.2) is 14.2 Å². The molecule has 0 N–H and O–H groups in total. The van der Waals surface area contributed by atoms with E-state index in [4.69, 9.17) is 9.47 Å². The van der Waals surface area contributed by atoms with E-state index in [0.29, 0.717) is 0 Å². The number of unbranched alkanes of at least 4 members (excludes halogenated alkanes) is 6. The highest BCUT2D eigenvalue weighted by Gasteiger charge is 2.02. The minimum atomic E-state index is 0.726. The first-order chi connectivity index (χ1) is 12.3. The summed E-state index contributed by atoms with van der Waals surface area (Å²) in [5, 5.41) is 0. The van der Waals surface area contributed by atoms with E-state index in [1.807, 2.05) is 6.07 Å². The first-order valence-corrected chi connectivity index (χ1v) is 9.43. The van der Waals surface area contributed by atoms with Crippen LogP contribution in [0.5, 0.6) is 11.5 Å².